The molecule has 2 aliphatic carbocycles. The molecule has 44 heavy (non-hydrogen) atoms. The normalized spacial score (nSPS) is 18.5. The predicted octanol–water partition coefficient (Wildman–Crippen LogP) is 12.3. The maximum atomic E-state index is 2.46. The molecule has 0 N–H and O–H groups in total. The van der Waals surface area contributed by atoms with E-state index in [-0.39, 0.29) is 0 Å². The molecule has 0 bridgehead atoms. The molecule has 4 aliphatic rings. The third-order valence-corrected chi connectivity index (χ3v) is 11.6. The van der Waals surface area contributed by atoms with Gasteiger partial charge in [-0.15, -0.1) is 0 Å². The van der Waals surface area contributed by atoms with E-state index in [0.717, 1.165) is 25.7 Å². The molecule has 2 heteroatoms. The third kappa shape index (κ3) is 5.21. The molecule has 0 aromatic heterocycles. The highest BCUT2D eigenvalue weighted by molar-refractivity contribution is 8.12. The summed E-state index contributed by atoms with van der Waals surface area (Å²) in [5, 5.41) is 0. The fraction of sp³-hybridized carbons (Fsp3) is 0.143. The highest BCUT2D eigenvalue weighted by Crippen LogP contribution is 2.57. The Bertz CT molecular complexity index is 1760. The Morgan fingerprint density at radius 3 is 1.02 bits per heavy atom. The molecule has 4 aromatic rings. The van der Waals surface area contributed by atoms with Crippen molar-refractivity contribution in [3.63, 3.8) is 0 Å². The second-order valence-corrected chi connectivity index (χ2v) is 13.9. The van der Waals surface area contributed by atoms with Crippen LogP contribution in [0.1, 0.15) is 60.8 Å². The van der Waals surface area contributed by atoms with Crippen LogP contribution in [0, 0.1) is 0 Å². The average Bonchev–Trinajstić information content (AvgIpc) is 3.11. The minimum atomic E-state index is 1.14. The van der Waals surface area contributed by atoms with E-state index in [1.807, 2.05) is 23.5 Å². The Morgan fingerprint density at radius 2 is 0.659 bits per heavy atom. The van der Waals surface area contributed by atoms with Gasteiger partial charge in [0.05, 0.1) is 0 Å². The van der Waals surface area contributed by atoms with Crippen LogP contribution in [0.25, 0.3) is 21.0 Å². The molecule has 0 fully saturated rings. The standard InChI is InChI=1S/C42H34S2/c1-5-15-29(16-6-1)37-27-39(31-19-9-3-10-20-31)43-41-33(23-13-25-35(37)41)34-24-14-26-36-38(30-17-7-2-8-18-30)28-40(44-42(34)36)32-21-11-4-12-22-32/h1-12,15-22,27-28H,13-14,23-26H2. The van der Waals surface area contributed by atoms with E-state index in [0.29, 0.717) is 0 Å². The quantitative estimate of drug-likeness (QED) is 0.223. The van der Waals surface area contributed by atoms with Crippen molar-refractivity contribution in [1.82, 2.24) is 0 Å². The zero-order valence-corrected chi connectivity index (χ0v) is 26.4. The van der Waals surface area contributed by atoms with Crippen molar-refractivity contribution in [3.05, 3.63) is 188 Å². The summed E-state index contributed by atoms with van der Waals surface area (Å²) in [6, 6.07) is 44.1. The van der Waals surface area contributed by atoms with E-state index in [1.165, 1.54) is 77.0 Å². The highest BCUT2D eigenvalue weighted by atomic mass is 32.2. The van der Waals surface area contributed by atoms with E-state index in [2.05, 4.69) is 133 Å². The van der Waals surface area contributed by atoms with Gasteiger partial charge in [-0.25, -0.2) is 0 Å². The Morgan fingerprint density at radius 1 is 0.341 bits per heavy atom. The number of allylic oxidation sites excluding steroid dienone is 8. The topological polar surface area (TPSA) is 0 Å². The number of fused-ring (bicyclic) bond motifs is 2. The van der Waals surface area contributed by atoms with Gasteiger partial charge in [0.2, 0.25) is 0 Å². The summed E-state index contributed by atoms with van der Waals surface area (Å²) in [7, 11) is 0. The summed E-state index contributed by atoms with van der Waals surface area (Å²) in [5.74, 6) is 0. The van der Waals surface area contributed by atoms with Gasteiger partial charge in [0.25, 0.3) is 0 Å². The Hall–Kier alpha value is -3.98. The predicted molar refractivity (Wildman–Crippen MR) is 192 cm³/mol. The van der Waals surface area contributed by atoms with E-state index in [1.54, 1.807) is 11.1 Å². The zero-order chi connectivity index (χ0) is 29.3. The molecule has 0 amide bonds. The van der Waals surface area contributed by atoms with Gasteiger partial charge in [0.15, 0.2) is 0 Å². The lowest BCUT2D eigenvalue weighted by Gasteiger charge is -2.35. The molecule has 0 atom stereocenters. The van der Waals surface area contributed by atoms with Gasteiger partial charge in [-0.2, -0.15) is 0 Å². The van der Waals surface area contributed by atoms with E-state index >= 15 is 0 Å². The summed E-state index contributed by atoms with van der Waals surface area (Å²) in [6.45, 7) is 0. The molecular weight excluding hydrogens is 569 g/mol. The Labute approximate surface area is 269 Å². The first kappa shape index (κ1) is 27.6. The molecule has 0 radical (unpaired) electrons. The molecule has 0 spiro atoms. The van der Waals surface area contributed by atoms with Crippen molar-refractivity contribution in [2.75, 3.05) is 0 Å². The van der Waals surface area contributed by atoms with Gasteiger partial charge in [-0.3, -0.25) is 0 Å². The van der Waals surface area contributed by atoms with Crippen molar-refractivity contribution in [2.24, 2.45) is 0 Å². The second-order valence-electron chi connectivity index (χ2n) is 11.8. The Balaban J connectivity index is 1.35. The number of hydrogen-bond donors (Lipinski definition) is 0. The van der Waals surface area contributed by atoms with Crippen LogP contribution in [0.2, 0.25) is 0 Å². The SMILES string of the molecule is C1=C(c2ccccc2)SC2=C(C3=C4SC(c5ccccc5)=CC(c5ccccc5)=C4CCC3)CCCC2=C1c1ccccc1. The molecule has 4 aromatic carbocycles. The first-order valence-corrected chi connectivity index (χ1v) is 17.4. The molecular formula is C42H34S2. The lowest BCUT2D eigenvalue weighted by molar-refractivity contribution is 0.736. The van der Waals surface area contributed by atoms with Crippen LogP contribution < -0.4 is 0 Å². The van der Waals surface area contributed by atoms with Crippen molar-refractivity contribution >= 4 is 44.5 Å². The van der Waals surface area contributed by atoms with Gasteiger partial charge >= 0.3 is 0 Å². The maximum Gasteiger partial charge on any atom is 0.0201 e. The monoisotopic (exact) mass is 602 g/mol. The van der Waals surface area contributed by atoms with Crippen molar-refractivity contribution in [1.29, 1.82) is 0 Å². The lowest BCUT2D eigenvalue weighted by atomic mass is 9.80. The van der Waals surface area contributed by atoms with Crippen molar-refractivity contribution in [3.8, 4) is 0 Å². The molecule has 2 aliphatic heterocycles. The summed E-state index contributed by atoms with van der Waals surface area (Å²) < 4.78 is 0. The van der Waals surface area contributed by atoms with Crippen LogP contribution in [0.15, 0.2) is 166 Å². The van der Waals surface area contributed by atoms with Gasteiger partial charge in [-0.05, 0) is 106 Å². The summed E-state index contributed by atoms with van der Waals surface area (Å²) in [5.41, 5.74) is 14.3. The van der Waals surface area contributed by atoms with Crippen LogP contribution >= 0.6 is 23.5 Å². The van der Waals surface area contributed by atoms with E-state index < -0.39 is 0 Å². The van der Waals surface area contributed by atoms with Crippen LogP contribution in [0.4, 0.5) is 0 Å². The Kier molecular flexibility index (Phi) is 7.64. The highest BCUT2D eigenvalue weighted by Gasteiger charge is 2.33. The summed E-state index contributed by atoms with van der Waals surface area (Å²) in [4.78, 5) is 5.73. The average molecular weight is 603 g/mol. The molecule has 0 unspecified atom stereocenters. The number of rotatable bonds is 5. The first-order chi connectivity index (χ1) is 21.8. The zero-order valence-electron chi connectivity index (χ0n) is 24.8. The van der Waals surface area contributed by atoms with Gasteiger partial charge < -0.3 is 0 Å². The largest absolute Gasteiger partial charge is 0.0888 e. The number of benzene rings is 4. The smallest absolute Gasteiger partial charge is 0.0201 e. The first-order valence-electron chi connectivity index (χ1n) is 15.8. The molecule has 2 heterocycles. The van der Waals surface area contributed by atoms with Gasteiger partial charge in [0, 0.05) is 19.6 Å². The van der Waals surface area contributed by atoms with Crippen LogP contribution in [-0.4, -0.2) is 0 Å². The third-order valence-electron chi connectivity index (χ3n) is 9.08. The number of hydrogen-bond acceptors (Lipinski definition) is 2. The van der Waals surface area contributed by atoms with E-state index in [4.69, 9.17) is 0 Å². The minimum absolute atomic E-state index is 1.14. The lowest BCUT2D eigenvalue weighted by Crippen LogP contribution is -2.13. The molecule has 0 saturated heterocycles. The van der Waals surface area contributed by atoms with Crippen LogP contribution in [-0.2, 0) is 0 Å². The second kappa shape index (κ2) is 12.2. The summed E-state index contributed by atoms with van der Waals surface area (Å²) in [6.07, 6.45) is 11.9. The molecule has 0 saturated carbocycles. The van der Waals surface area contributed by atoms with Crippen molar-refractivity contribution < 1.29 is 0 Å². The van der Waals surface area contributed by atoms with E-state index in [9.17, 15) is 0 Å². The minimum Gasteiger partial charge on any atom is -0.0888 e. The molecule has 0 nitrogen and oxygen atoms in total. The fourth-order valence-electron chi connectivity index (χ4n) is 6.99. The number of thioether (sulfide) groups is 2. The summed E-state index contributed by atoms with van der Waals surface area (Å²) >= 11 is 4.02. The molecule has 214 valence electrons. The van der Waals surface area contributed by atoms with Crippen LogP contribution in [0.5, 0.6) is 0 Å². The van der Waals surface area contributed by atoms with Crippen LogP contribution in [0.3, 0.4) is 0 Å². The molecule has 8 rings (SSSR count). The fourth-order valence-corrected chi connectivity index (χ4v) is 9.66. The van der Waals surface area contributed by atoms with Gasteiger partial charge in [-0.1, -0.05) is 145 Å². The van der Waals surface area contributed by atoms with Crippen molar-refractivity contribution in [2.45, 2.75) is 38.5 Å². The maximum absolute atomic E-state index is 2.46. The van der Waals surface area contributed by atoms with Gasteiger partial charge in [0.1, 0.15) is 0 Å².